The molecular formula is C33H42O4. The summed E-state index contributed by atoms with van der Waals surface area (Å²) < 4.78 is 0. The van der Waals surface area contributed by atoms with Crippen molar-refractivity contribution in [1.29, 1.82) is 0 Å². The van der Waals surface area contributed by atoms with Gasteiger partial charge in [0.15, 0.2) is 11.6 Å². The van der Waals surface area contributed by atoms with Gasteiger partial charge in [-0.2, -0.15) is 0 Å². The number of fused-ring (bicyclic) bond motifs is 1. The van der Waals surface area contributed by atoms with Crippen molar-refractivity contribution in [3.05, 3.63) is 76.9 Å². The van der Waals surface area contributed by atoms with E-state index in [1.54, 1.807) is 24.3 Å². The Kier molecular flexibility index (Phi) is 6.82. The number of carbonyl (C=O) groups is 2. The summed E-state index contributed by atoms with van der Waals surface area (Å²) in [7, 11) is 0. The summed E-state index contributed by atoms with van der Waals surface area (Å²) in [5.41, 5.74) is -1.34. The van der Waals surface area contributed by atoms with E-state index < -0.39 is 27.6 Å². The summed E-state index contributed by atoms with van der Waals surface area (Å²) >= 11 is 0. The van der Waals surface area contributed by atoms with E-state index in [1.807, 2.05) is 52.8 Å². The lowest BCUT2D eigenvalue weighted by atomic mass is 9.38. The number of ketones is 2. The molecule has 5 rings (SSSR count). The highest BCUT2D eigenvalue weighted by atomic mass is 16.3. The molecule has 4 aliphatic carbocycles. The second-order valence-corrected chi connectivity index (χ2v) is 12.6. The number of hydrogen-bond donors (Lipinski definition) is 2. The Balaban J connectivity index is 2.08. The lowest BCUT2D eigenvalue weighted by Crippen LogP contribution is -2.74. The van der Waals surface area contributed by atoms with Crippen molar-refractivity contribution >= 4 is 17.3 Å². The molecule has 4 fully saturated rings. The monoisotopic (exact) mass is 502 g/mol. The molecule has 4 bridgehead atoms. The summed E-state index contributed by atoms with van der Waals surface area (Å²) in [5.74, 6) is -0.758. The molecule has 198 valence electrons. The van der Waals surface area contributed by atoms with Crippen molar-refractivity contribution in [2.45, 2.75) is 85.7 Å². The molecule has 4 heteroatoms. The SMILES string of the molecule is C=C(C)CC[C@@H]1C[C@@]2(CC=C(C)C)C(=O)[C@]3(CC=C(C)C)C[C@@]1(C)C2(O)/C(=C(\O)c1ccccc1)C3=O. The van der Waals surface area contributed by atoms with Crippen LogP contribution in [0.15, 0.2) is 71.4 Å². The van der Waals surface area contributed by atoms with Crippen molar-refractivity contribution in [2.24, 2.45) is 22.2 Å². The molecule has 4 nitrogen and oxygen atoms in total. The lowest BCUT2D eigenvalue weighted by molar-refractivity contribution is -0.199. The largest absolute Gasteiger partial charge is 0.507 e. The van der Waals surface area contributed by atoms with Gasteiger partial charge in [0.2, 0.25) is 0 Å². The number of hydrogen-bond acceptors (Lipinski definition) is 4. The Labute approximate surface area is 221 Å². The molecular weight excluding hydrogens is 460 g/mol. The first-order valence-corrected chi connectivity index (χ1v) is 13.5. The Bertz CT molecular complexity index is 1230. The average molecular weight is 503 g/mol. The molecule has 0 spiro atoms. The second kappa shape index (κ2) is 9.23. The van der Waals surface area contributed by atoms with Gasteiger partial charge >= 0.3 is 0 Å². The van der Waals surface area contributed by atoms with Crippen molar-refractivity contribution in [3.63, 3.8) is 0 Å². The molecule has 4 aliphatic rings. The van der Waals surface area contributed by atoms with E-state index in [4.69, 9.17) is 0 Å². The lowest BCUT2D eigenvalue weighted by Gasteiger charge is -2.63. The average Bonchev–Trinajstić information content (AvgIpc) is 2.98. The molecule has 0 radical (unpaired) electrons. The summed E-state index contributed by atoms with van der Waals surface area (Å²) in [6.45, 7) is 16.1. The van der Waals surface area contributed by atoms with E-state index in [9.17, 15) is 19.8 Å². The normalized spacial score (nSPS) is 35.4. The number of allylic oxidation sites excluding steroid dienone is 5. The van der Waals surface area contributed by atoms with Gasteiger partial charge in [-0.05, 0) is 79.1 Å². The zero-order valence-electron chi connectivity index (χ0n) is 23.3. The number of benzene rings is 1. The fourth-order valence-corrected chi connectivity index (χ4v) is 7.64. The topological polar surface area (TPSA) is 74.6 Å². The molecule has 1 unspecified atom stereocenters. The molecule has 4 saturated carbocycles. The number of rotatable bonds is 8. The van der Waals surface area contributed by atoms with Gasteiger partial charge in [-0.3, -0.25) is 9.59 Å². The second-order valence-electron chi connectivity index (χ2n) is 12.6. The highest BCUT2D eigenvalue weighted by molar-refractivity contribution is 6.24. The summed E-state index contributed by atoms with van der Waals surface area (Å²) in [6, 6.07) is 8.95. The van der Waals surface area contributed by atoms with E-state index >= 15 is 0 Å². The summed E-state index contributed by atoms with van der Waals surface area (Å²) in [6.07, 6.45) is 6.99. The van der Waals surface area contributed by atoms with Gasteiger partial charge in [0, 0.05) is 11.0 Å². The zero-order valence-corrected chi connectivity index (χ0v) is 23.3. The molecule has 0 saturated heterocycles. The van der Waals surface area contributed by atoms with Crippen LogP contribution in [0.25, 0.3) is 5.76 Å². The van der Waals surface area contributed by atoms with E-state index in [0.29, 0.717) is 24.8 Å². The van der Waals surface area contributed by atoms with Crippen molar-refractivity contribution in [3.8, 4) is 0 Å². The van der Waals surface area contributed by atoms with Crippen LogP contribution in [0.3, 0.4) is 0 Å². The Morgan fingerprint density at radius 1 is 1.03 bits per heavy atom. The maximum absolute atomic E-state index is 14.7. The fraction of sp³-hybridized carbons (Fsp3) is 0.515. The molecule has 1 aromatic rings. The molecule has 0 amide bonds. The number of carbonyl (C=O) groups excluding carboxylic acids is 2. The van der Waals surface area contributed by atoms with Gasteiger partial charge in [0.05, 0.1) is 16.4 Å². The van der Waals surface area contributed by atoms with Crippen LogP contribution in [0.2, 0.25) is 0 Å². The van der Waals surface area contributed by atoms with Crippen LogP contribution < -0.4 is 0 Å². The molecule has 0 aromatic heterocycles. The van der Waals surface area contributed by atoms with Gasteiger partial charge in [-0.25, -0.2) is 0 Å². The van der Waals surface area contributed by atoms with Crippen LogP contribution in [0, 0.1) is 22.2 Å². The predicted molar refractivity (Wildman–Crippen MR) is 149 cm³/mol. The summed E-state index contributed by atoms with van der Waals surface area (Å²) in [5, 5.41) is 24.7. The summed E-state index contributed by atoms with van der Waals surface area (Å²) in [4.78, 5) is 29.1. The number of aliphatic hydroxyl groups excluding tert-OH is 1. The third kappa shape index (κ3) is 3.74. The first kappa shape index (κ1) is 27.3. The maximum Gasteiger partial charge on any atom is 0.179 e. The number of aliphatic hydroxyl groups is 2. The molecule has 0 heterocycles. The van der Waals surface area contributed by atoms with Crippen LogP contribution >= 0.6 is 0 Å². The first-order chi connectivity index (χ1) is 17.3. The Morgan fingerprint density at radius 3 is 2.19 bits per heavy atom. The molecule has 2 N–H and O–H groups in total. The molecule has 37 heavy (non-hydrogen) atoms. The third-order valence-corrected chi connectivity index (χ3v) is 9.50. The zero-order chi connectivity index (χ0) is 27.4. The van der Waals surface area contributed by atoms with E-state index in [0.717, 1.165) is 29.6 Å². The number of Topliss-reactive ketones (excluding diaryl/α,β-unsaturated/α-hetero) is 2. The highest BCUT2D eigenvalue weighted by Crippen LogP contribution is 2.78. The standard InChI is InChI=1S/C33H42O4/c1-21(2)13-14-25-19-32(18-16-23(5)6)29(36)31(17-15-22(3)4)20-30(25,7)33(32,37)26(28(31)35)27(34)24-11-9-8-10-12-24/h8-12,15-16,25,34,37H,1,13-14,17-20H2,2-7H3/b27-26-/t25-,30-,31-,32+,33?/m1/s1. The van der Waals surface area contributed by atoms with Gasteiger partial charge < -0.3 is 10.2 Å². The molecule has 5 atom stereocenters. The van der Waals surface area contributed by atoms with Crippen molar-refractivity contribution in [2.75, 3.05) is 0 Å². The van der Waals surface area contributed by atoms with Crippen LogP contribution in [0.4, 0.5) is 0 Å². The van der Waals surface area contributed by atoms with Gasteiger partial charge in [-0.1, -0.05) is 66.1 Å². The highest BCUT2D eigenvalue weighted by Gasteiger charge is 2.85. The minimum absolute atomic E-state index is 0.00367. The van der Waals surface area contributed by atoms with Crippen LogP contribution in [0.5, 0.6) is 0 Å². The van der Waals surface area contributed by atoms with Crippen LogP contribution in [-0.2, 0) is 9.59 Å². The molecule has 1 aromatic carbocycles. The van der Waals surface area contributed by atoms with Crippen LogP contribution in [-0.4, -0.2) is 27.4 Å². The van der Waals surface area contributed by atoms with E-state index in [1.165, 1.54) is 0 Å². The molecule has 0 aliphatic heterocycles. The van der Waals surface area contributed by atoms with Gasteiger partial charge in [0.25, 0.3) is 0 Å². The van der Waals surface area contributed by atoms with Crippen molar-refractivity contribution < 1.29 is 19.8 Å². The minimum Gasteiger partial charge on any atom is -0.507 e. The Morgan fingerprint density at radius 2 is 1.62 bits per heavy atom. The van der Waals surface area contributed by atoms with Crippen LogP contribution in [0.1, 0.15) is 85.6 Å². The smallest absolute Gasteiger partial charge is 0.179 e. The maximum atomic E-state index is 14.7. The van der Waals surface area contributed by atoms with Crippen molar-refractivity contribution in [1.82, 2.24) is 0 Å². The fourth-order valence-electron chi connectivity index (χ4n) is 7.64. The first-order valence-electron chi connectivity index (χ1n) is 13.5. The predicted octanol–water partition coefficient (Wildman–Crippen LogP) is 7.31. The minimum atomic E-state index is -1.77. The third-order valence-electron chi connectivity index (χ3n) is 9.50. The van der Waals surface area contributed by atoms with E-state index in [2.05, 4.69) is 13.5 Å². The van der Waals surface area contributed by atoms with Gasteiger partial charge in [-0.15, -0.1) is 6.58 Å². The van der Waals surface area contributed by atoms with Gasteiger partial charge in [0.1, 0.15) is 11.4 Å². The quantitative estimate of drug-likeness (QED) is 0.169. The Hall–Kier alpha value is -2.72. The van der Waals surface area contributed by atoms with E-state index in [-0.39, 0.29) is 29.5 Å².